The van der Waals surface area contributed by atoms with E-state index in [9.17, 15) is 19.5 Å². The van der Waals surface area contributed by atoms with E-state index < -0.39 is 24.7 Å². The van der Waals surface area contributed by atoms with Crippen molar-refractivity contribution < 1.29 is 28.3 Å². The number of carbonyl (C=O) groups excluding carboxylic acids is 1. The maximum absolute atomic E-state index is 13.3. The first kappa shape index (κ1) is 22.4. The quantitative estimate of drug-likeness (QED) is 0.167. The highest BCUT2D eigenvalue weighted by Crippen LogP contribution is 2.63. The van der Waals surface area contributed by atoms with E-state index in [0.717, 1.165) is 26.2 Å². The molecule has 1 atom stereocenters. The molecule has 170 valence electrons. The first-order valence-corrected chi connectivity index (χ1v) is 11.9. The second-order valence-electron chi connectivity index (χ2n) is 7.48. The average molecular weight is 461 g/mol. The Labute approximate surface area is 185 Å². The molecule has 0 aromatic heterocycles. The molecule has 2 aromatic carbocycles. The number of benzene rings is 2. The number of esters is 1. The second-order valence-corrected chi connectivity index (χ2v) is 9.80. The maximum atomic E-state index is 13.3. The monoisotopic (exact) mass is 461 g/mol. The molecule has 2 aliphatic heterocycles. The molecule has 2 aromatic rings. The second kappa shape index (κ2) is 8.99. The molecule has 2 fully saturated rings. The molecule has 0 bridgehead atoms. The maximum Gasteiger partial charge on any atom is 0.346 e. The Bertz CT molecular complexity index is 1050. The minimum absolute atomic E-state index is 0.0279. The molecule has 2 heterocycles. The van der Waals surface area contributed by atoms with Crippen LogP contribution in [-0.2, 0) is 13.8 Å². The van der Waals surface area contributed by atoms with E-state index in [1.165, 1.54) is 36.4 Å². The lowest BCUT2D eigenvalue weighted by Gasteiger charge is -2.24. The van der Waals surface area contributed by atoms with E-state index >= 15 is 0 Å². The van der Waals surface area contributed by atoms with Crippen molar-refractivity contribution in [1.82, 2.24) is 9.34 Å². The third-order valence-electron chi connectivity index (χ3n) is 5.10. The van der Waals surface area contributed by atoms with Gasteiger partial charge < -0.3 is 9.47 Å². The normalized spacial score (nSPS) is 16.9. The van der Waals surface area contributed by atoms with Crippen molar-refractivity contribution in [3.8, 4) is 11.5 Å². The lowest BCUT2D eigenvalue weighted by molar-refractivity contribution is -0.385. The fraction of sp³-hybridized carbons (Fsp3) is 0.381. The number of nitro benzene ring substituents is 1. The van der Waals surface area contributed by atoms with Crippen LogP contribution in [0, 0.1) is 10.1 Å². The van der Waals surface area contributed by atoms with Crippen molar-refractivity contribution >= 4 is 19.3 Å². The van der Waals surface area contributed by atoms with Crippen LogP contribution < -0.4 is 4.74 Å². The van der Waals surface area contributed by atoms with Gasteiger partial charge in [0.25, 0.3) is 0 Å². The summed E-state index contributed by atoms with van der Waals surface area (Å²) in [6, 6.07) is 10.6. The number of carbonyl (C=O) groups is 1. The first-order valence-electron chi connectivity index (χ1n) is 10.3. The minimum atomic E-state index is -3.05. The van der Waals surface area contributed by atoms with Gasteiger partial charge in [-0.25, -0.2) is 14.1 Å². The van der Waals surface area contributed by atoms with E-state index in [-0.39, 0.29) is 18.0 Å². The smallest absolute Gasteiger partial charge is 0.346 e. The van der Waals surface area contributed by atoms with Crippen molar-refractivity contribution in [2.24, 2.45) is 0 Å². The van der Waals surface area contributed by atoms with Gasteiger partial charge in [-0.1, -0.05) is 0 Å². The van der Waals surface area contributed by atoms with Gasteiger partial charge >= 0.3 is 19.3 Å². The molecule has 0 spiro atoms. The molecule has 0 N–H and O–H groups in total. The molecule has 4 rings (SSSR count). The number of hydrogen-bond donors (Lipinski definition) is 0. The van der Waals surface area contributed by atoms with Crippen molar-refractivity contribution in [3.63, 3.8) is 0 Å². The largest absolute Gasteiger partial charge is 0.462 e. The fourth-order valence-electron chi connectivity index (χ4n) is 3.19. The topological polar surface area (TPSA) is 111 Å². The summed E-state index contributed by atoms with van der Waals surface area (Å²) >= 11 is 0. The highest BCUT2D eigenvalue weighted by molar-refractivity contribution is 7.54. The minimum Gasteiger partial charge on any atom is -0.462 e. The third-order valence-corrected chi connectivity index (χ3v) is 7.92. The van der Waals surface area contributed by atoms with Gasteiger partial charge in [-0.3, -0.25) is 19.2 Å². The van der Waals surface area contributed by atoms with E-state index in [0.29, 0.717) is 16.9 Å². The van der Waals surface area contributed by atoms with Crippen molar-refractivity contribution in [2.45, 2.75) is 20.0 Å². The zero-order chi connectivity index (χ0) is 22.9. The summed E-state index contributed by atoms with van der Waals surface area (Å²) < 4.78 is 33.6. The molecule has 0 saturated carbocycles. The predicted molar refractivity (Wildman–Crippen MR) is 116 cm³/mol. The number of nitro groups is 1. The molecule has 0 amide bonds. The fourth-order valence-corrected chi connectivity index (χ4v) is 5.54. The number of ether oxygens (including phenoxy) is 2. The summed E-state index contributed by atoms with van der Waals surface area (Å²) in [4.78, 5) is 22.8. The first-order chi connectivity index (χ1) is 15.3. The van der Waals surface area contributed by atoms with Gasteiger partial charge in [0.05, 0.1) is 23.2 Å². The summed E-state index contributed by atoms with van der Waals surface area (Å²) in [6.45, 7) is 6.67. The Morgan fingerprint density at radius 2 is 1.75 bits per heavy atom. The van der Waals surface area contributed by atoms with Gasteiger partial charge in [0.1, 0.15) is 5.75 Å². The van der Waals surface area contributed by atoms with E-state index in [4.69, 9.17) is 14.0 Å². The number of rotatable bonds is 10. The molecule has 0 radical (unpaired) electrons. The molecular weight excluding hydrogens is 437 g/mol. The number of hydrogen-bond acceptors (Lipinski definition) is 7. The summed E-state index contributed by atoms with van der Waals surface area (Å²) in [5.74, 6) is -0.105. The van der Waals surface area contributed by atoms with Crippen LogP contribution in [0.25, 0.3) is 0 Å². The Morgan fingerprint density at radius 3 is 2.28 bits per heavy atom. The van der Waals surface area contributed by atoms with Gasteiger partial charge in [-0.05, 0) is 55.8 Å². The summed E-state index contributed by atoms with van der Waals surface area (Å²) in [7, 11) is -3.05. The molecule has 2 saturated heterocycles. The van der Waals surface area contributed by atoms with Crippen LogP contribution >= 0.6 is 7.67 Å². The average Bonchev–Trinajstić information content (AvgIpc) is 3.65. The van der Waals surface area contributed by atoms with Crippen LogP contribution in [0.2, 0.25) is 0 Å². The Kier molecular flexibility index (Phi) is 6.30. The standard InChI is InChI=1S/C21H24N3O7P/c1-3-29-21(25)16-4-7-18(8-5-16)30-20-14-17(6-9-19(20)24(26)27)15(2)31-32(28,22-10-11-22)23-12-13-23/h4-9,14-15H,3,10-13H2,1-2H3. The zero-order valence-corrected chi connectivity index (χ0v) is 18.7. The Balaban J connectivity index is 1.55. The summed E-state index contributed by atoms with van der Waals surface area (Å²) in [5.41, 5.74) is 0.749. The van der Waals surface area contributed by atoms with Crippen LogP contribution in [0.3, 0.4) is 0 Å². The molecule has 0 aliphatic carbocycles. The lowest BCUT2D eigenvalue weighted by atomic mass is 10.1. The van der Waals surface area contributed by atoms with Gasteiger partial charge in [0, 0.05) is 32.2 Å². The lowest BCUT2D eigenvalue weighted by Crippen LogP contribution is -2.10. The molecule has 2 aliphatic rings. The van der Waals surface area contributed by atoms with E-state index in [2.05, 4.69) is 0 Å². The SMILES string of the molecule is CCOC(=O)c1ccc(Oc2cc(C(C)OP(=O)(N3CC3)N3CC3)ccc2[N+](=O)[O-])cc1. The van der Waals surface area contributed by atoms with Crippen LogP contribution in [0.4, 0.5) is 5.69 Å². The van der Waals surface area contributed by atoms with Crippen molar-refractivity contribution in [1.29, 1.82) is 0 Å². The summed E-state index contributed by atoms with van der Waals surface area (Å²) in [6.07, 6.45) is -0.559. The molecule has 32 heavy (non-hydrogen) atoms. The highest BCUT2D eigenvalue weighted by Gasteiger charge is 2.50. The Hall–Kier alpha value is -2.78. The number of nitrogens with zero attached hydrogens (tertiary/aromatic N) is 3. The van der Waals surface area contributed by atoms with Gasteiger partial charge in [-0.2, -0.15) is 0 Å². The van der Waals surface area contributed by atoms with Crippen LogP contribution in [-0.4, -0.2) is 53.0 Å². The zero-order valence-electron chi connectivity index (χ0n) is 17.8. The Morgan fingerprint density at radius 1 is 1.12 bits per heavy atom. The molecule has 10 nitrogen and oxygen atoms in total. The van der Waals surface area contributed by atoms with Crippen molar-refractivity contribution in [3.05, 3.63) is 63.7 Å². The van der Waals surface area contributed by atoms with Gasteiger partial charge in [-0.15, -0.1) is 0 Å². The predicted octanol–water partition coefficient (Wildman–Crippen LogP) is 4.38. The van der Waals surface area contributed by atoms with E-state index in [1.807, 2.05) is 9.34 Å². The highest BCUT2D eigenvalue weighted by atomic mass is 31.2. The van der Waals surface area contributed by atoms with Crippen LogP contribution in [0.1, 0.15) is 35.9 Å². The molecule has 11 heteroatoms. The summed E-state index contributed by atoms with van der Waals surface area (Å²) in [5, 5.41) is 11.5. The van der Waals surface area contributed by atoms with Gasteiger partial charge in [0.15, 0.2) is 0 Å². The van der Waals surface area contributed by atoms with Crippen LogP contribution in [0.5, 0.6) is 11.5 Å². The molecular formula is C21H24N3O7P. The van der Waals surface area contributed by atoms with Crippen LogP contribution in [0.15, 0.2) is 42.5 Å². The molecule has 1 unspecified atom stereocenters. The van der Waals surface area contributed by atoms with E-state index in [1.54, 1.807) is 19.9 Å². The van der Waals surface area contributed by atoms with Crippen molar-refractivity contribution in [2.75, 3.05) is 32.8 Å². The third kappa shape index (κ3) is 4.83. The van der Waals surface area contributed by atoms with Gasteiger partial charge in [0.2, 0.25) is 5.75 Å².